The van der Waals surface area contributed by atoms with Gasteiger partial charge in [0.1, 0.15) is 0 Å². The number of hydrogen-bond acceptors (Lipinski definition) is 2. The predicted molar refractivity (Wildman–Crippen MR) is 97.3 cm³/mol. The van der Waals surface area contributed by atoms with Crippen LogP contribution in [0.3, 0.4) is 0 Å². The van der Waals surface area contributed by atoms with Gasteiger partial charge in [0.15, 0.2) is 0 Å². The topological polar surface area (TPSA) is 38.1 Å². The lowest BCUT2D eigenvalue weighted by Gasteiger charge is -2.24. The number of fused-ring (bicyclic) bond motifs is 1. The molecule has 0 unspecified atom stereocenters. The van der Waals surface area contributed by atoms with Crippen LogP contribution in [0.25, 0.3) is 11.0 Å². The summed E-state index contributed by atoms with van der Waals surface area (Å²) in [5.74, 6) is 0.311. The molecule has 1 aromatic heterocycles. The molecule has 2 fully saturated rings. The van der Waals surface area contributed by atoms with Gasteiger partial charge >= 0.3 is 0 Å². The summed E-state index contributed by atoms with van der Waals surface area (Å²) in [6, 6.07) is 18.8. The Morgan fingerprint density at radius 3 is 2.60 bits per heavy atom. The van der Waals surface area contributed by atoms with Crippen molar-refractivity contribution in [3.05, 3.63) is 66.5 Å². The molecule has 5 rings (SSSR count). The summed E-state index contributed by atoms with van der Waals surface area (Å²) in [5.41, 5.74) is 3.10. The van der Waals surface area contributed by atoms with E-state index in [4.69, 9.17) is 0 Å². The molecule has 0 N–H and O–H groups in total. The van der Waals surface area contributed by atoms with Crippen LogP contribution >= 0.6 is 0 Å². The summed E-state index contributed by atoms with van der Waals surface area (Å²) in [6.07, 6.45) is 4.88. The Morgan fingerprint density at radius 2 is 1.80 bits per heavy atom. The van der Waals surface area contributed by atoms with Gasteiger partial charge in [-0.2, -0.15) is 0 Å². The average Bonchev–Trinajstić information content (AvgIpc) is 3.13. The van der Waals surface area contributed by atoms with Crippen LogP contribution in [-0.2, 0) is 10.2 Å². The number of hydrogen-bond donors (Lipinski definition) is 0. The molecule has 25 heavy (non-hydrogen) atoms. The molecule has 0 spiro atoms. The van der Waals surface area contributed by atoms with Crippen LogP contribution in [0.4, 0.5) is 0 Å². The molecule has 0 radical (unpaired) electrons. The van der Waals surface area contributed by atoms with Crippen LogP contribution < -0.4 is 0 Å². The highest BCUT2D eigenvalue weighted by Gasteiger charge is 2.53. The highest BCUT2D eigenvalue weighted by atomic mass is 16.2. The minimum absolute atomic E-state index is 0.257. The van der Waals surface area contributed by atoms with Gasteiger partial charge in [0.25, 0.3) is 0 Å². The highest BCUT2D eigenvalue weighted by molar-refractivity contribution is 5.91. The second-order valence-corrected chi connectivity index (χ2v) is 7.28. The molecule has 4 nitrogen and oxygen atoms in total. The lowest BCUT2D eigenvalue weighted by Crippen LogP contribution is -2.38. The van der Waals surface area contributed by atoms with Crippen LogP contribution in [0.5, 0.6) is 0 Å². The molecule has 4 heteroatoms. The van der Waals surface area contributed by atoms with Gasteiger partial charge in [-0.1, -0.05) is 42.5 Å². The number of likely N-dealkylation sites (tertiary alicyclic amines) is 1. The molecule has 1 atom stereocenters. The smallest absolute Gasteiger partial charge is 0.233 e. The molecule has 0 bridgehead atoms. The first-order chi connectivity index (χ1) is 12.3. The van der Waals surface area contributed by atoms with E-state index >= 15 is 0 Å². The van der Waals surface area contributed by atoms with Crippen LogP contribution in [0.15, 0.2) is 60.9 Å². The molecule has 1 saturated carbocycles. The molecular weight excluding hydrogens is 310 g/mol. The Labute approximate surface area is 147 Å². The number of aromatic nitrogens is 2. The van der Waals surface area contributed by atoms with Gasteiger partial charge < -0.3 is 9.47 Å². The number of amides is 1. The van der Waals surface area contributed by atoms with Gasteiger partial charge in [-0.15, -0.1) is 0 Å². The highest BCUT2D eigenvalue weighted by Crippen LogP contribution is 2.50. The van der Waals surface area contributed by atoms with Crippen LogP contribution in [0.1, 0.15) is 30.9 Å². The van der Waals surface area contributed by atoms with Crippen molar-refractivity contribution >= 4 is 16.9 Å². The lowest BCUT2D eigenvalue weighted by atomic mass is 9.94. The van der Waals surface area contributed by atoms with Crippen molar-refractivity contribution < 1.29 is 4.79 Å². The van der Waals surface area contributed by atoms with E-state index in [0.29, 0.717) is 11.9 Å². The number of carbonyl (C=O) groups excluding carboxylic acids is 1. The standard InChI is InChI=1S/C21H21N3O/c25-20(21(11-12-21)16-6-2-1-3-7-16)23-13-10-17(14-23)24-15-22-18-8-4-5-9-19(18)24/h1-9,15,17H,10-14H2/t17-/m1/s1. The first kappa shape index (κ1) is 14.7. The van der Waals surface area contributed by atoms with Crippen molar-refractivity contribution in [2.24, 2.45) is 0 Å². The van der Waals surface area contributed by atoms with Crippen molar-refractivity contribution in [3.8, 4) is 0 Å². The molecule has 1 saturated heterocycles. The van der Waals surface area contributed by atoms with Crippen molar-refractivity contribution in [2.75, 3.05) is 13.1 Å². The molecule has 3 aromatic rings. The van der Waals surface area contributed by atoms with Gasteiger partial charge in [0, 0.05) is 13.1 Å². The minimum Gasteiger partial charge on any atom is -0.340 e. The van der Waals surface area contributed by atoms with Crippen LogP contribution in [-0.4, -0.2) is 33.4 Å². The quantitative estimate of drug-likeness (QED) is 0.736. The number of carbonyl (C=O) groups is 1. The first-order valence-corrected chi connectivity index (χ1v) is 9.04. The van der Waals surface area contributed by atoms with E-state index in [9.17, 15) is 4.79 Å². The summed E-state index contributed by atoms with van der Waals surface area (Å²) in [6.45, 7) is 1.62. The van der Waals surface area contributed by atoms with Crippen LogP contribution in [0.2, 0.25) is 0 Å². The third-order valence-electron chi connectivity index (χ3n) is 5.81. The molecule has 1 amide bonds. The molecule has 2 aliphatic rings. The molecule has 1 aliphatic carbocycles. The second kappa shape index (κ2) is 5.45. The predicted octanol–water partition coefficient (Wildman–Crippen LogP) is 3.54. The zero-order chi connectivity index (χ0) is 16.9. The zero-order valence-electron chi connectivity index (χ0n) is 14.1. The van der Waals surface area contributed by atoms with Crippen molar-refractivity contribution in [3.63, 3.8) is 0 Å². The summed E-state index contributed by atoms with van der Waals surface area (Å²) in [4.78, 5) is 19.8. The third-order valence-corrected chi connectivity index (χ3v) is 5.81. The van der Waals surface area contributed by atoms with E-state index in [2.05, 4.69) is 32.7 Å². The Balaban J connectivity index is 1.38. The molecule has 1 aliphatic heterocycles. The number of nitrogens with zero attached hydrogens (tertiary/aromatic N) is 3. The van der Waals surface area contributed by atoms with Crippen molar-refractivity contribution in [1.29, 1.82) is 0 Å². The van der Waals surface area contributed by atoms with Crippen molar-refractivity contribution in [1.82, 2.24) is 14.5 Å². The van der Waals surface area contributed by atoms with Gasteiger partial charge in [-0.3, -0.25) is 4.79 Å². The fraction of sp³-hybridized carbons (Fsp3) is 0.333. The molecule has 126 valence electrons. The second-order valence-electron chi connectivity index (χ2n) is 7.28. The van der Waals surface area contributed by atoms with E-state index in [1.165, 1.54) is 5.56 Å². The van der Waals surface area contributed by atoms with Gasteiger partial charge in [-0.05, 0) is 37.0 Å². The fourth-order valence-corrected chi connectivity index (χ4v) is 4.23. The van der Waals surface area contributed by atoms with E-state index in [-0.39, 0.29) is 5.41 Å². The maximum absolute atomic E-state index is 13.2. The fourth-order valence-electron chi connectivity index (χ4n) is 4.23. The summed E-state index contributed by atoms with van der Waals surface area (Å²) in [5, 5.41) is 0. The molecular formula is C21H21N3O. The summed E-state index contributed by atoms with van der Waals surface area (Å²) in [7, 11) is 0. The lowest BCUT2D eigenvalue weighted by molar-refractivity contribution is -0.133. The number of rotatable bonds is 3. The Kier molecular flexibility index (Phi) is 3.20. The number of imidazole rings is 1. The zero-order valence-corrected chi connectivity index (χ0v) is 14.1. The summed E-state index contributed by atoms with van der Waals surface area (Å²) >= 11 is 0. The Hall–Kier alpha value is -2.62. The van der Waals surface area contributed by atoms with Crippen molar-refractivity contribution in [2.45, 2.75) is 30.7 Å². The van der Waals surface area contributed by atoms with Gasteiger partial charge in [-0.25, -0.2) is 4.98 Å². The SMILES string of the molecule is O=C(N1CC[C@@H](n2cnc3ccccc32)C1)C1(c2ccccc2)CC1. The maximum atomic E-state index is 13.2. The van der Waals surface area contributed by atoms with E-state index in [1.54, 1.807) is 0 Å². The van der Waals surface area contributed by atoms with Gasteiger partial charge in [0.05, 0.1) is 28.8 Å². The largest absolute Gasteiger partial charge is 0.340 e. The molecule has 2 heterocycles. The van der Waals surface area contributed by atoms with E-state index in [0.717, 1.165) is 43.4 Å². The summed E-state index contributed by atoms with van der Waals surface area (Å²) < 4.78 is 2.24. The average molecular weight is 331 g/mol. The molecule has 2 aromatic carbocycles. The number of para-hydroxylation sites is 2. The number of benzene rings is 2. The minimum atomic E-state index is -0.257. The van der Waals surface area contributed by atoms with E-state index < -0.39 is 0 Å². The monoisotopic (exact) mass is 331 g/mol. The van der Waals surface area contributed by atoms with E-state index in [1.807, 2.05) is 42.7 Å². The maximum Gasteiger partial charge on any atom is 0.233 e. The van der Waals surface area contributed by atoms with Gasteiger partial charge in [0.2, 0.25) is 5.91 Å². The third kappa shape index (κ3) is 2.28. The van der Waals surface area contributed by atoms with Crippen LogP contribution in [0, 0.1) is 0 Å². The Bertz CT molecular complexity index is 926. The normalized spacial score (nSPS) is 21.6. The Morgan fingerprint density at radius 1 is 1.04 bits per heavy atom. The first-order valence-electron chi connectivity index (χ1n) is 9.04.